The lowest BCUT2D eigenvalue weighted by atomic mass is 9.97. The number of halogens is 3. The van der Waals surface area contributed by atoms with Gasteiger partial charge in [0.15, 0.2) is 5.16 Å². The van der Waals surface area contributed by atoms with Crippen LogP contribution in [0.3, 0.4) is 0 Å². The predicted molar refractivity (Wildman–Crippen MR) is 122 cm³/mol. The van der Waals surface area contributed by atoms with Gasteiger partial charge in [0.25, 0.3) is 5.56 Å². The maximum Gasteiger partial charge on any atom is 0.416 e. The molecule has 1 aromatic carbocycles. The normalized spacial score (nSPS) is 14.1. The number of aromatic nitrogens is 3. The summed E-state index contributed by atoms with van der Waals surface area (Å²) in [6.45, 7) is 3.63. The first-order chi connectivity index (χ1) is 15.7. The number of fused-ring (bicyclic) bond motifs is 3. The molecule has 1 aliphatic carbocycles. The number of aryl methyl sites for hydroxylation is 4. The Labute approximate surface area is 195 Å². The van der Waals surface area contributed by atoms with Gasteiger partial charge in [-0.3, -0.25) is 9.36 Å². The van der Waals surface area contributed by atoms with Gasteiger partial charge in [-0.1, -0.05) is 23.0 Å². The molecule has 0 N–H and O–H groups in total. The Bertz CT molecular complexity index is 1400. The van der Waals surface area contributed by atoms with Gasteiger partial charge in [0.1, 0.15) is 10.6 Å². The lowest BCUT2D eigenvalue weighted by Gasteiger charge is -2.15. The Morgan fingerprint density at radius 2 is 2.00 bits per heavy atom. The average molecular weight is 492 g/mol. The third-order valence-corrected chi connectivity index (χ3v) is 8.07. The fourth-order valence-corrected chi connectivity index (χ4v) is 6.65. The van der Waals surface area contributed by atoms with Crippen LogP contribution in [0.1, 0.15) is 45.9 Å². The molecule has 5 rings (SSSR count). The maximum absolute atomic E-state index is 13.7. The quantitative estimate of drug-likeness (QED) is 0.250. The summed E-state index contributed by atoms with van der Waals surface area (Å²) in [5, 5.41) is 4.85. The van der Waals surface area contributed by atoms with Crippen molar-refractivity contribution in [2.24, 2.45) is 0 Å². The second kappa shape index (κ2) is 8.32. The van der Waals surface area contributed by atoms with Crippen LogP contribution in [-0.2, 0) is 24.8 Å². The summed E-state index contributed by atoms with van der Waals surface area (Å²) in [5.74, 6) is 1.10. The van der Waals surface area contributed by atoms with Gasteiger partial charge in [0.2, 0.25) is 0 Å². The largest absolute Gasteiger partial charge is 0.416 e. The molecule has 5 nitrogen and oxygen atoms in total. The smallest absolute Gasteiger partial charge is 0.361 e. The SMILES string of the molecule is Cc1noc(C)c1CSc1nc2sc3c(c2c(=O)n1-c1cccc(C(F)(F)F)c1)CCCC3. The number of rotatable bonds is 4. The van der Waals surface area contributed by atoms with Crippen molar-refractivity contribution in [2.45, 2.75) is 56.6 Å². The van der Waals surface area contributed by atoms with E-state index in [1.54, 1.807) is 6.92 Å². The van der Waals surface area contributed by atoms with E-state index in [2.05, 4.69) is 5.16 Å². The van der Waals surface area contributed by atoms with Gasteiger partial charge in [-0.25, -0.2) is 4.98 Å². The van der Waals surface area contributed by atoms with Gasteiger partial charge >= 0.3 is 6.18 Å². The summed E-state index contributed by atoms with van der Waals surface area (Å²) in [7, 11) is 0. The molecule has 0 radical (unpaired) electrons. The molecule has 0 amide bonds. The van der Waals surface area contributed by atoms with Gasteiger partial charge in [0.05, 0.1) is 22.3 Å². The molecule has 172 valence electrons. The highest BCUT2D eigenvalue weighted by atomic mass is 32.2. The van der Waals surface area contributed by atoms with Crippen LogP contribution < -0.4 is 5.56 Å². The molecule has 0 unspecified atom stereocenters. The fraction of sp³-hybridized carbons (Fsp3) is 0.348. The molecule has 0 atom stereocenters. The van der Waals surface area contributed by atoms with Crippen molar-refractivity contribution in [3.8, 4) is 5.69 Å². The Morgan fingerprint density at radius 1 is 1.21 bits per heavy atom. The summed E-state index contributed by atoms with van der Waals surface area (Å²) in [6, 6.07) is 4.85. The van der Waals surface area contributed by atoms with Crippen LogP contribution in [0.4, 0.5) is 13.2 Å². The lowest BCUT2D eigenvalue weighted by molar-refractivity contribution is -0.137. The van der Waals surface area contributed by atoms with Crippen molar-refractivity contribution in [2.75, 3.05) is 0 Å². The molecule has 1 aliphatic rings. The van der Waals surface area contributed by atoms with Crippen molar-refractivity contribution < 1.29 is 17.7 Å². The third-order valence-electron chi connectivity index (χ3n) is 5.92. The second-order valence-corrected chi connectivity index (χ2v) is 10.1. The first kappa shape index (κ1) is 22.2. The van der Waals surface area contributed by atoms with E-state index in [9.17, 15) is 18.0 Å². The Balaban J connectivity index is 1.70. The molecule has 0 fully saturated rings. The van der Waals surface area contributed by atoms with Crippen molar-refractivity contribution in [1.29, 1.82) is 0 Å². The summed E-state index contributed by atoms with van der Waals surface area (Å²) in [6.07, 6.45) is -0.760. The molecule has 0 spiro atoms. The van der Waals surface area contributed by atoms with Gasteiger partial charge in [-0.2, -0.15) is 13.2 Å². The maximum atomic E-state index is 13.7. The molecule has 0 saturated heterocycles. The zero-order valence-corrected chi connectivity index (χ0v) is 19.6. The van der Waals surface area contributed by atoms with Crippen LogP contribution in [0.25, 0.3) is 15.9 Å². The molecule has 3 heterocycles. The monoisotopic (exact) mass is 491 g/mol. The predicted octanol–water partition coefficient (Wildman–Crippen LogP) is 6.24. The van der Waals surface area contributed by atoms with Gasteiger partial charge < -0.3 is 4.52 Å². The van der Waals surface area contributed by atoms with Crippen molar-refractivity contribution in [3.05, 3.63) is 67.6 Å². The molecule has 0 saturated carbocycles. The average Bonchev–Trinajstić information content (AvgIpc) is 3.31. The number of benzene rings is 1. The van der Waals surface area contributed by atoms with E-state index >= 15 is 0 Å². The molecular formula is C23H20F3N3O2S2. The lowest BCUT2D eigenvalue weighted by Crippen LogP contribution is -2.22. The molecule has 33 heavy (non-hydrogen) atoms. The number of thiophene rings is 1. The highest BCUT2D eigenvalue weighted by Gasteiger charge is 2.31. The van der Waals surface area contributed by atoms with Crippen LogP contribution in [-0.4, -0.2) is 14.7 Å². The van der Waals surface area contributed by atoms with Crippen LogP contribution >= 0.6 is 23.1 Å². The second-order valence-electron chi connectivity index (χ2n) is 8.07. The fourth-order valence-electron chi connectivity index (χ4n) is 4.18. The molecule has 10 heteroatoms. The summed E-state index contributed by atoms with van der Waals surface area (Å²) >= 11 is 2.81. The van der Waals surface area contributed by atoms with Crippen LogP contribution in [0.15, 0.2) is 38.7 Å². The van der Waals surface area contributed by atoms with E-state index in [-0.39, 0.29) is 11.2 Å². The summed E-state index contributed by atoms with van der Waals surface area (Å²) in [5.41, 5.74) is 1.65. The topological polar surface area (TPSA) is 60.9 Å². The van der Waals surface area contributed by atoms with Crippen LogP contribution in [0, 0.1) is 13.8 Å². The van der Waals surface area contributed by atoms with Gasteiger partial charge in [-0.05, 0) is 63.3 Å². The number of nitrogens with zero attached hydrogens (tertiary/aromatic N) is 3. The third kappa shape index (κ3) is 3.99. The van der Waals surface area contributed by atoms with E-state index < -0.39 is 11.7 Å². The van der Waals surface area contributed by atoms with Crippen LogP contribution in [0.2, 0.25) is 0 Å². The number of hydrogen-bond acceptors (Lipinski definition) is 6. The Hall–Kier alpha value is -2.59. The van der Waals surface area contributed by atoms with Crippen molar-refractivity contribution in [3.63, 3.8) is 0 Å². The van der Waals surface area contributed by atoms with Crippen molar-refractivity contribution in [1.82, 2.24) is 14.7 Å². The first-order valence-corrected chi connectivity index (χ1v) is 12.3. The minimum Gasteiger partial charge on any atom is -0.361 e. The van der Waals surface area contributed by atoms with E-state index in [1.807, 2.05) is 6.92 Å². The molecule has 0 bridgehead atoms. The number of alkyl halides is 3. The standard InChI is InChI=1S/C23H20F3N3O2S2/c1-12-17(13(2)31-28-12)11-32-22-27-20-19(16-8-3-4-9-18(16)33-20)21(30)29(22)15-7-5-6-14(10-15)23(24,25)26/h5-7,10H,3-4,8-9,11H2,1-2H3. The molecule has 3 aromatic heterocycles. The summed E-state index contributed by atoms with van der Waals surface area (Å²) in [4.78, 5) is 20.3. The minimum absolute atomic E-state index is 0.154. The zero-order valence-electron chi connectivity index (χ0n) is 18.0. The Kier molecular flexibility index (Phi) is 5.60. The molecule has 0 aliphatic heterocycles. The van der Waals surface area contributed by atoms with E-state index in [1.165, 1.54) is 39.8 Å². The van der Waals surface area contributed by atoms with Gasteiger partial charge in [-0.15, -0.1) is 11.3 Å². The van der Waals surface area contributed by atoms with E-state index in [0.29, 0.717) is 26.9 Å². The van der Waals surface area contributed by atoms with E-state index in [4.69, 9.17) is 9.51 Å². The number of hydrogen-bond donors (Lipinski definition) is 0. The van der Waals surface area contributed by atoms with E-state index in [0.717, 1.165) is 59.5 Å². The summed E-state index contributed by atoms with van der Waals surface area (Å²) < 4.78 is 46.8. The Morgan fingerprint density at radius 3 is 2.73 bits per heavy atom. The van der Waals surface area contributed by atoms with Crippen molar-refractivity contribution >= 4 is 33.3 Å². The minimum atomic E-state index is -4.51. The zero-order chi connectivity index (χ0) is 23.3. The first-order valence-electron chi connectivity index (χ1n) is 10.5. The van der Waals surface area contributed by atoms with Crippen LogP contribution in [0.5, 0.6) is 0 Å². The highest BCUT2D eigenvalue weighted by molar-refractivity contribution is 7.98. The number of thioether (sulfide) groups is 1. The molecular weight excluding hydrogens is 471 g/mol. The molecule has 4 aromatic rings. The van der Waals surface area contributed by atoms with Gasteiger partial charge in [0, 0.05) is 16.2 Å². The highest BCUT2D eigenvalue weighted by Crippen LogP contribution is 2.37.